The minimum atomic E-state index is -0.686. The third-order valence-corrected chi connectivity index (χ3v) is 5.00. The fraction of sp³-hybridized carbons (Fsp3) is 0.467. The number of anilines is 2. The molecule has 0 radical (unpaired) electrons. The highest BCUT2D eigenvalue weighted by Crippen LogP contribution is 2.29. The molecule has 0 aliphatic rings. The Balaban J connectivity index is 0.000000428. The summed E-state index contributed by atoms with van der Waals surface area (Å²) in [7, 11) is 2.55. The number of hydrogen-bond donors (Lipinski definition) is 3. The van der Waals surface area contributed by atoms with Gasteiger partial charge in [0.25, 0.3) is 0 Å². The summed E-state index contributed by atoms with van der Waals surface area (Å²) in [6.45, 7) is 14.4. The zero-order valence-electron chi connectivity index (χ0n) is 25.9. The molecule has 42 heavy (non-hydrogen) atoms. The van der Waals surface area contributed by atoms with E-state index >= 15 is 0 Å². The summed E-state index contributed by atoms with van der Waals surface area (Å²) < 4.78 is 25.3. The van der Waals surface area contributed by atoms with E-state index in [9.17, 15) is 24.3 Å². The minimum absolute atomic E-state index is 0.0675. The normalized spacial score (nSPS) is 11.6. The molecule has 2 aromatic rings. The van der Waals surface area contributed by atoms with Gasteiger partial charge >= 0.3 is 24.1 Å². The van der Waals surface area contributed by atoms with Gasteiger partial charge in [-0.15, -0.1) is 0 Å². The molecule has 2 amide bonds. The van der Waals surface area contributed by atoms with Crippen LogP contribution in [0, 0.1) is 0 Å². The number of aromatic hydroxyl groups is 1. The molecule has 0 bridgehead atoms. The van der Waals surface area contributed by atoms with Crippen LogP contribution in [0.3, 0.4) is 0 Å². The molecule has 12 heteroatoms. The highest BCUT2D eigenvalue weighted by Gasteiger charge is 2.20. The van der Waals surface area contributed by atoms with Crippen LogP contribution in [0.15, 0.2) is 36.4 Å². The Bertz CT molecular complexity index is 1250. The van der Waals surface area contributed by atoms with Crippen LogP contribution >= 0.6 is 0 Å². The van der Waals surface area contributed by atoms with Crippen molar-refractivity contribution in [3.8, 4) is 11.5 Å². The van der Waals surface area contributed by atoms with Crippen LogP contribution < -0.4 is 15.4 Å². The molecule has 0 heterocycles. The van der Waals surface area contributed by atoms with Gasteiger partial charge in [-0.05, 0) is 91.3 Å². The zero-order chi connectivity index (χ0) is 32.3. The minimum Gasteiger partial charge on any atom is -0.506 e. The SMILES string of the molecule is CCC(C)Oc1cc(C(=O)OC)ccc1NC(=O)OC(C)(C)C.COC(=O)c1ccc(NC(=O)OC(C)(C)C)c(O)c1. The molecule has 232 valence electrons. The van der Waals surface area contributed by atoms with Gasteiger partial charge in [0.05, 0.1) is 42.8 Å². The lowest BCUT2D eigenvalue weighted by Gasteiger charge is -2.21. The van der Waals surface area contributed by atoms with Crippen LogP contribution in [0.1, 0.15) is 82.5 Å². The van der Waals surface area contributed by atoms with Crippen LogP contribution in [0.25, 0.3) is 0 Å². The highest BCUT2D eigenvalue weighted by molar-refractivity contribution is 5.93. The average Bonchev–Trinajstić information content (AvgIpc) is 2.88. The first-order chi connectivity index (χ1) is 19.4. The van der Waals surface area contributed by atoms with Crippen molar-refractivity contribution < 1.29 is 48.0 Å². The summed E-state index contributed by atoms with van der Waals surface area (Å²) in [5.74, 6) is -0.885. The van der Waals surface area contributed by atoms with E-state index in [-0.39, 0.29) is 23.1 Å². The van der Waals surface area contributed by atoms with E-state index in [4.69, 9.17) is 18.9 Å². The summed E-state index contributed by atoms with van der Waals surface area (Å²) in [5.41, 5.74) is -0.108. The van der Waals surface area contributed by atoms with Crippen molar-refractivity contribution in [2.75, 3.05) is 24.9 Å². The van der Waals surface area contributed by atoms with Gasteiger partial charge in [-0.1, -0.05) is 6.92 Å². The highest BCUT2D eigenvalue weighted by atomic mass is 16.6. The molecule has 0 aromatic heterocycles. The number of rotatable bonds is 7. The van der Waals surface area contributed by atoms with E-state index in [2.05, 4.69) is 15.4 Å². The number of phenols is 1. The molecule has 3 N–H and O–H groups in total. The predicted molar refractivity (Wildman–Crippen MR) is 157 cm³/mol. The van der Waals surface area contributed by atoms with Gasteiger partial charge < -0.3 is 28.8 Å². The number of nitrogens with one attached hydrogen (secondary N) is 2. The molecule has 12 nitrogen and oxygen atoms in total. The topological polar surface area (TPSA) is 159 Å². The van der Waals surface area contributed by atoms with Gasteiger partial charge in [0.2, 0.25) is 0 Å². The summed E-state index contributed by atoms with van der Waals surface area (Å²) in [6, 6.07) is 8.73. The largest absolute Gasteiger partial charge is 0.506 e. The molecule has 0 spiro atoms. The van der Waals surface area contributed by atoms with Gasteiger partial charge in [0.1, 0.15) is 22.7 Å². The van der Waals surface area contributed by atoms with Crippen molar-refractivity contribution in [2.24, 2.45) is 0 Å². The molecule has 0 fully saturated rings. The number of ether oxygens (including phenoxy) is 5. The molecule has 0 saturated heterocycles. The Morgan fingerprint density at radius 3 is 1.60 bits per heavy atom. The van der Waals surface area contributed by atoms with E-state index in [0.29, 0.717) is 17.0 Å². The number of methoxy groups -OCH3 is 2. The van der Waals surface area contributed by atoms with Crippen molar-refractivity contribution in [1.29, 1.82) is 0 Å². The summed E-state index contributed by atoms with van der Waals surface area (Å²) in [4.78, 5) is 46.3. The maximum Gasteiger partial charge on any atom is 0.412 e. The Morgan fingerprint density at radius 1 is 0.762 bits per heavy atom. The molecular weight excluding hydrogens is 548 g/mol. The summed E-state index contributed by atoms with van der Waals surface area (Å²) >= 11 is 0. The molecule has 0 saturated carbocycles. The summed E-state index contributed by atoms with van der Waals surface area (Å²) in [5, 5.41) is 14.7. The molecule has 1 unspecified atom stereocenters. The first kappa shape index (κ1) is 35.5. The smallest absolute Gasteiger partial charge is 0.412 e. The Hall–Kier alpha value is -4.48. The van der Waals surface area contributed by atoms with Crippen LogP contribution in [-0.2, 0) is 18.9 Å². The molecule has 0 aliphatic heterocycles. The number of esters is 2. The molecule has 0 aliphatic carbocycles. The van der Waals surface area contributed by atoms with Gasteiger partial charge in [-0.3, -0.25) is 10.6 Å². The maximum absolute atomic E-state index is 11.9. The lowest BCUT2D eigenvalue weighted by Crippen LogP contribution is -2.27. The Kier molecular flexibility index (Phi) is 13.1. The van der Waals surface area contributed by atoms with Crippen LogP contribution in [0.2, 0.25) is 0 Å². The van der Waals surface area contributed by atoms with Crippen molar-refractivity contribution in [3.05, 3.63) is 47.5 Å². The van der Waals surface area contributed by atoms with E-state index in [1.165, 1.54) is 32.4 Å². The number of phenolic OH excluding ortho intramolecular Hbond substituents is 1. The van der Waals surface area contributed by atoms with Gasteiger partial charge in [-0.25, -0.2) is 19.2 Å². The van der Waals surface area contributed by atoms with Gasteiger partial charge in [0, 0.05) is 0 Å². The lowest BCUT2D eigenvalue weighted by atomic mass is 10.2. The van der Waals surface area contributed by atoms with Crippen molar-refractivity contribution >= 4 is 35.5 Å². The van der Waals surface area contributed by atoms with E-state index < -0.39 is 35.3 Å². The Labute approximate surface area is 246 Å². The fourth-order valence-corrected chi connectivity index (χ4v) is 2.98. The number of carbonyl (C=O) groups is 4. The first-order valence-electron chi connectivity index (χ1n) is 13.2. The van der Waals surface area contributed by atoms with Crippen LogP contribution in [0.5, 0.6) is 11.5 Å². The summed E-state index contributed by atoms with van der Waals surface area (Å²) in [6.07, 6.45) is -0.554. The standard InChI is InChI=1S/C17H25NO5.C13H17NO5/c1-7-11(2)22-14-10-12(15(19)21-6)8-9-13(14)18-16(20)23-17(3,4)5;1-13(2,3)19-12(17)14-9-6-5-8(7-10(9)15)11(16)18-4/h8-11H,7H2,1-6H3,(H,18,20);5-7,15H,1-4H3,(H,14,17). The van der Waals surface area contributed by atoms with E-state index in [0.717, 1.165) is 6.42 Å². The second kappa shape index (κ2) is 15.5. The molecule has 1 atom stereocenters. The lowest BCUT2D eigenvalue weighted by molar-refractivity contribution is 0.0591. The van der Waals surface area contributed by atoms with Crippen molar-refractivity contribution in [2.45, 2.75) is 79.1 Å². The maximum atomic E-state index is 11.9. The second-order valence-corrected chi connectivity index (χ2v) is 11.0. The quantitative estimate of drug-likeness (QED) is 0.184. The van der Waals surface area contributed by atoms with Crippen LogP contribution in [0.4, 0.5) is 21.0 Å². The molecule has 2 aromatic carbocycles. The fourth-order valence-electron chi connectivity index (χ4n) is 2.98. The third kappa shape index (κ3) is 12.8. The monoisotopic (exact) mass is 590 g/mol. The predicted octanol–water partition coefficient (Wildman–Crippen LogP) is 6.52. The molecular formula is C30H42N2O10. The number of hydrogen-bond acceptors (Lipinski definition) is 10. The Morgan fingerprint density at radius 2 is 1.19 bits per heavy atom. The van der Waals surface area contributed by atoms with E-state index in [1.54, 1.807) is 59.7 Å². The second-order valence-electron chi connectivity index (χ2n) is 11.0. The number of carbonyl (C=O) groups excluding carboxylic acids is 4. The zero-order valence-corrected chi connectivity index (χ0v) is 25.9. The third-order valence-electron chi connectivity index (χ3n) is 5.00. The van der Waals surface area contributed by atoms with Gasteiger partial charge in [-0.2, -0.15) is 0 Å². The average molecular weight is 591 g/mol. The van der Waals surface area contributed by atoms with Crippen molar-refractivity contribution in [1.82, 2.24) is 0 Å². The number of benzene rings is 2. The van der Waals surface area contributed by atoms with Crippen LogP contribution in [-0.4, -0.2) is 60.8 Å². The molecule has 2 rings (SSSR count). The van der Waals surface area contributed by atoms with Gasteiger partial charge in [0.15, 0.2) is 0 Å². The van der Waals surface area contributed by atoms with Crippen molar-refractivity contribution in [3.63, 3.8) is 0 Å². The van der Waals surface area contributed by atoms with E-state index in [1.807, 2.05) is 13.8 Å². The first-order valence-corrected chi connectivity index (χ1v) is 13.2. The number of amides is 2.